The number of hydrogen-bond acceptors (Lipinski definition) is 6. The van der Waals surface area contributed by atoms with Crippen LogP contribution in [0.2, 0.25) is 0 Å². The Morgan fingerprint density at radius 3 is 2.84 bits per heavy atom. The molecule has 8 nitrogen and oxygen atoms in total. The lowest BCUT2D eigenvalue weighted by molar-refractivity contribution is 0.0698. The number of nitrogens with zero attached hydrogens (tertiary/aromatic N) is 4. The Morgan fingerprint density at radius 2 is 2.16 bits per heavy atom. The number of pyridine rings is 1. The first-order chi connectivity index (χ1) is 9.15. The summed E-state index contributed by atoms with van der Waals surface area (Å²) in [6.07, 6.45) is 1.73. The molecule has 2 aromatic rings. The molecule has 1 aliphatic rings. The van der Waals surface area contributed by atoms with Gasteiger partial charge in [-0.1, -0.05) is 0 Å². The van der Waals surface area contributed by atoms with Gasteiger partial charge in [-0.05, 0) is 6.07 Å². The highest BCUT2D eigenvalue weighted by molar-refractivity contribution is 5.95. The number of carbonyl (C=O) groups is 1. The van der Waals surface area contributed by atoms with E-state index >= 15 is 0 Å². The molecule has 0 aliphatic carbocycles. The molecule has 0 unspecified atom stereocenters. The predicted octanol–water partition coefficient (Wildman–Crippen LogP) is -0.154. The minimum absolute atomic E-state index is 0.0571. The van der Waals surface area contributed by atoms with Crippen LogP contribution in [0.5, 0.6) is 0 Å². The van der Waals surface area contributed by atoms with Crippen molar-refractivity contribution in [2.24, 2.45) is 0 Å². The van der Waals surface area contributed by atoms with Gasteiger partial charge in [0, 0.05) is 13.1 Å². The highest BCUT2D eigenvalue weighted by Gasteiger charge is 2.18. The second-order valence-corrected chi connectivity index (χ2v) is 4.25. The number of carboxylic acid groups (broad SMARTS) is 1. The summed E-state index contributed by atoms with van der Waals surface area (Å²) in [4.78, 5) is 17.3. The fraction of sp³-hybridized carbons (Fsp3) is 0.364. The number of anilines is 2. The van der Waals surface area contributed by atoms with E-state index in [1.54, 1.807) is 12.3 Å². The van der Waals surface area contributed by atoms with Gasteiger partial charge in [0.25, 0.3) is 0 Å². The number of carboxylic acids is 1. The van der Waals surface area contributed by atoms with Crippen LogP contribution >= 0.6 is 0 Å². The largest absolute Gasteiger partial charge is 0.478 e. The number of nitrogen functional groups attached to an aromatic ring is 1. The molecule has 0 aromatic carbocycles. The molecule has 0 bridgehead atoms. The molecule has 0 atom stereocenters. The van der Waals surface area contributed by atoms with Gasteiger partial charge in [0.15, 0.2) is 5.65 Å². The molecule has 100 valence electrons. The van der Waals surface area contributed by atoms with E-state index in [1.807, 2.05) is 4.90 Å². The van der Waals surface area contributed by atoms with Gasteiger partial charge in [-0.3, -0.25) is 0 Å². The average molecular weight is 263 g/mol. The third-order valence-electron chi connectivity index (χ3n) is 3.04. The van der Waals surface area contributed by atoms with Gasteiger partial charge in [-0.15, -0.1) is 5.10 Å². The van der Waals surface area contributed by atoms with E-state index in [0.29, 0.717) is 13.2 Å². The third-order valence-corrected chi connectivity index (χ3v) is 3.04. The summed E-state index contributed by atoms with van der Waals surface area (Å²) in [5, 5.41) is 13.2. The quantitative estimate of drug-likeness (QED) is 0.775. The molecular formula is C11H13N5O3. The Bertz CT molecular complexity index is 633. The minimum Gasteiger partial charge on any atom is -0.478 e. The molecule has 1 aliphatic heterocycles. The Kier molecular flexibility index (Phi) is 2.71. The maximum Gasteiger partial charge on any atom is 0.339 e. The SMILES string of the molecule is Nc1nc2c(C(=O)O)cc(N3CCOCC3)cn2n1. The van der Waals surface area contributed by atoms with Gasteiger partial charge >= 0.3 is 5.97 Å². The number of nitrogens with two attached hydrogens (primary N) is 1. The fourth-order valence-corrected chi connectivity index (χ4v) is 2.14. The summed E-state index contributed by atoms with van der Waals surface area (Å²) in [5.74, 6) is -0.992. The molecule has 3 rings (SSSR count). The summed E-state index contributed by atoms with van der Waals surface area (Å²) in [6.45, 7) is 2.68. The topological polar surface area (TPSA) is 106 Å². The molecule has 8 heteroatoms. The van der Waals surface area contributed by atoms with Gasteiger partial charge < -0.3 is 20.5 Å². The van der Waals surface area contributed by atoms with E-state index in [2.05, 4.69) is 10.1 Å². The Labute approximate surface area is 108 Å². The molecule has 3 heterocycles. The first kappa shape index (κ1) is 11.7. The summed E-state index contributed by atoms with van der Waals surface area (Å²) >= 11 is 0. The number of aromatic carboxylic acids is 1. The highest BCUT2D eigenvalue weighted by Crippen LogP contribution is 2.21. The zero-order chi connectivity index (χ0) is 13.4. The van der Waals surface area contributed by atoms with Crippen LogP contribution in [0, 0.1) is 0 Å². The van der Waals surface area contributed by atoms with Gasteiger partial charge in [0.05, 0.1) is 25.1 Å². The van der Waals surface area contributed by atoms with Gasteiger partial charge in [-0.25, -0.2) is 9.31 Å². The van der Waals surface area contributed by atoms with Gasteiger partial charge in [0.2, 0.25) is 5.95 Å². The van der Waals surface area contributed by atoms with Crippen molar-refractivity contribution in [2.45, 2.75) is 0 Å². The van der Waals surface area contributed by atoms with Crippen molar-refractivity contribution in [3.8, 4) is 0 Å². The van der Waals surface area contributed by atoms with Gasteiger partial charge in [-0.2, -0.15) is 4.98 Å². The molecule has 19 heavy (non-hydrogen) atoms. The van der Waals surface area contributed by atoms with Crippen molar-refractivity contribution in [3.05, 3.63) is 17.8 Å². The highest BCUT2D eigenvalue weighted by atomic mass is 16.5. The Hall–Kier alpha value is -2.35. The molecule has 0 radical (unpaired) electrons. The van der Waals surface area contributed by atoms with Crippen molar-refractivity contribution in [1.82, 2.24) is 14.6 Å². The molecule has 1 saturated heterocycles. The summed E-state index contributed by atoms with van der Waals surface area (Å²) < 4.78 is 6.68. The van der Waals surface area contributed by atoms with Crippen molar-refractivity contribution in [1.29, 1.82) is 0 Å². The smallest absolute Gasteiger partial charge is 0.339 e. The van der Waals surface area contributed by atoms with Crippen LogP contribution in [-0.4, -0.2) is 52.0 Å². The zero-order valence-electron chi connectivity index (χ0n) is 10.1. The van der Waals surface area contributed by atoms with E-state index in [-0.39, 0.29) is 17.2 Å². The maximum atomic E-state index is 11.3. The van der Waals surface area contributed by atoms with Crippen LogP contribution < -0.4 is 10.6 Å². The lowest BCUT2D eigenvalue weighted by Gasteiger charge is -2.28. The van der Waals surface area contributed by atoms with E-state index in [0.717, 1.165) is 18.8 Å². The number of rotatable bonds is 2. The van der Waals surface area contributed by atoms with Crippen molar-refractivity contribution in [2.75, 3.05) is 36.9 Å². The van der Waals surface area contributed by atoms with Crippen LogP contribution in [0.25, 0.3) is 5.65 Å². The van der Waals surface area contributed by atoms with Crippen LogP contribution in [0.3, 0.4) is 0 Å². The van der Waals surface area contributed by atoms with Crippen molar-refractivity contribution < 1.29 is 14.6 Å². The van der Waals surface area contributed by atoms with E-state index in [4.69, 9.17) is 10.5 Å². The van der Waals surface area contributed by atoms with Crippen LogP contribution in [-0.2, 0) is 4.74 Å². The maximum absolute atomic E-state index is 11.3. The second kappa shape index (κ2) is 4.39. The molecule has 0 amide bonds. The van der Waals surface area contributed by atoms with Crippen LogP contribution in [0.1, 0.15) is 10.4 Å². The number of hydrogen-bond donors (Lipinski definition) is 2. The third kappa shape index (κ3) is 2.06. The average Bonchev–Trinajstić information content (AvgIpc) is 2.78. The summed E-state index contributed by atoms with van der Waals surface area (Å²) in [7, 11) is 0. The van der Waals surface area contributed by atoms with Crippen LogP contribution in [0.15, 0.2) is 12.3 Å². The summed E-state index contributed by atoms with van der Waals surface area (Å²) in [5.41, 5.74) is 6.64. The second-order valence-electron chi connectivity index (χ2n) is 4.25. The normalized spacial score (nSPS) is 15.9. The summed E-state index contributed by atoms with van der Waals surface area (Å²) in [6, 6.07) is 1.59. The van der Waals surface area contributed by atoms with E-state index in [1.165, 1.54) is 4.52 Å². The van der Waals surface area contributed by atoms with E-state index in [9.17, 15) is 9.90 Å². The number of aromatic nitrogens is 3. The first-order valence-corrected chi connectivity index (χ1v) is 5.87. The standard InChI is InChI=1S/C11H13N5O3/c12-11-13-9-8(10(17)18)5-7(6-16(9)14-11)15-1-3-19-4-2-15/h5-6H,1-4H2,(H2,12,14)(H,17,18). The van der Waals surface area contributed by atoms with Gasteiger partial charge in [0.1, 0.15) is 5.56 Å². The van der Waals surface area contributed by atoms with Crippen molar-refractivity contribution in [3.63, 3.8) is 0 Å². The Balaban J connectivity index is 2.12. The predicted molar refractivity (Wildman–Crippen MR) is 67.4 cm³/mol. The number of fused-ring (bicyclic) bond motifs is 1. The molecule has 3 N–H and O–H groups in total. The molecule has 2 aromatic heterocycles. The first-order valence-electron chi connectivity index (χ1n) is 5.87. The lowest BCUT2D eigenvalue weighted by atomic mass is 10.2. The molecule has 0 spiro atoms. The van der Waals surface area contributed by atoms with Crippen LogP contribution in [0.4, 0.5) is 11.6 Å². The monoisotopic (exact) mass is 263 g/mol. The number of ether oxygens (including phenoxy) is 1. The zero-order valence-corrected chi connectivity index (χ0v) is 10.1. The Morgan fingerprint density at radius 1 is 1.42 bits per heavy atom. The van der Waals surface area contributed by atoms with E-state index < -0.39 is 5.97 Å². The molecule has 1 fully saturated rings. The van der Waals surface area contributed by atoms with Crippen molar-refractivity contribution >= 4 is 23.3 Å². The minimum atomic E-state index is -1.05. The molecular weight excluding hydrogens is 250 g/mol. The lowest BCUT2D eigenvalue weighted by Crippen LogP contribution is -2.36. The number of morpholine rings is 1. The fourth-order valence-electron chi connectivity index (χ4n) is 2.14. The molecule has 0 saturated carbocycles.